The van der Waals surface area contributed by atoms with E-state index in [9.17, 15) is 14.4 Å². The quantitative estimate of drug-likeness (QED) is 0.212. The van der Waals surface area contributed by atoms with Gasteiger partial charge in [-0.2, -0.15) is 0 Å². The summed E-state index contributed by atoms with van der Waals surface area (Å²) >= 11 is 13.0. The number of amides is 2. The SMILES string of the molecule is Cc1cc(C=C2SC(=O)N(CC(=O)OC(C)(C)C)C2=O)c(C)n1-c1ccc(OCc2ccc(Cl)cc2Cl)cc1. The van der Waals surface area contributed by atoms with Crippen molar-refractivity contribution in [1.29, 1.82) is 0 Å². The second-order valence-corrected chi connectivity index (χ2v) is 11.9. The first-order chi connectivity index (χ1) is 18.3. The van der Waals surface area contributed by atoms with Crippen LogP contribution in [0, 0.1) is 13.8 Å². The normalized spacial score (nSPS) is 14.8. The number of halogens is 2. The number of aromatic nitrogens is 1. The van der Waals surface area contributed by atoms with E-state index in [1.54, 1.807) is 39.0 Å². The van der Waals surface area contributed by atoms with E-state index >= 15 is 0 Å². The molecule has 2 amide bonds. The number of hydrogen-bond donors (Lipinski definition) is 0. The minimum Gasteiger partial charge on any atom is -0.489 e. The van der Waals surface area contributed by atoms with Crippen LogP contribution in [0.4, 0.5) is 4.79 Å². The third-order valence-electron chi connectivity index (χ3n) is 5.84. The fourth-order valence-corrected chi connectivity index (χ4v) is 5.39. The second-order valence-electron chi connectivity index (χ2n) is 10.0. The first-order valence-electron chi connectivity index (χ1n) is 12.2. The smallest absolute Gasteiger partial charge is 0.326 e. The summed E-state index contributed by atoms with van der Waals surface area (Å²) in [6.45, 7) is 8.98. The van der Waals surface area contributed by atoms with Crippen molar-refractivity contribution in [3.63, 3.8) is 0 Å². The number of rotatable bonds is 7. The number of thioether (sulfide) groups is 1. The van der Waals surface area contributed by atoms with E-state index in [4.69, 9.17) is 32.7 Å². The number of ether oxygens (including phenoxy) is 2. The van der Waals surface area contributed by atoms with E-state index in [0.717, 1.165) is 44.9 Å². The summed E-state index contributed by atoms with van der Waals surface area (Å²) in [6, 6.07) is 14.9. The van der Waals surface area contributed by atoms with Gasteiger partial charge < -0.3 is 14.0 Å². The highest BCUT2D eigenvalue weighted by Crippen LogP contribution is 2.34. The zero-order valence-electron chi connectivity index (χ0n) is 22.2. The van der Waals surface area contributed by atoms with Crippen molar-refractivity contribution < 1.29 is 23.9 Å². The fourth-order valence-electron chi connectivity index (χ4n) is 4.10. The third-order valence-corrected chi connectivity index (χ3v) is 7.34. The summed E-state index contributed by atoms with van der Waals surface area (Å²) in [6.07, 6.45) is 1.69. The summed E-state index contributed by atoms with van der Waals surface area (Å²) < 4.78 is 13.2. The molecule has 0 radical (unpaired) electrons. The van der Waals surface area contributed by atoms with Crippen molar-refractivity contribution in [2.75, 3.05) is 6.54 Å². The maximum atomic E-state index is 12.9. The topological polar surface area (TPSA) is 77.8 Å². The summed E-state index contributed by atoms with van der Waals surface area (Å²) in [5, 5.41) is 0.621. The van der Waals surface area contributed by atoms with Gasteiger partial charge in [-0.25, -0.2) is 0 Å². The molecule has 10 heteroatoms. The van der Waals surface area contributed by atoms with E-state index in [1.165, 1.54) is 0 Å². The van der Waals surface area contributed by atoms with Gasteiger partial charge in [-0.15, -0.1) is 0 Å². The second kappa shape index (κ2) is 11.5. The van der Waals surface area contributed by atoms with Crippen molar-refractivity contribution >= 4 is 58.2 Å². The zero-order valence-corrected chi connectivity index (χ0v) is 24.5. The van der Waals surface area contributed by atoms with Gasteiger partial charge in [0.15, 0.2) is 0 Å². The molecule has 0 bridgehead atoms. The van der Waals surface area contributed by atoms with Crippen LogP contribution in [0.25, 0.3) is 11.8 Å². The van der Waals surface area contributed by atoms with E-state index in [1.807, 2.05) is 50.2 Å². The van der Waals surface area contributed by atoms with Gasteiger partial charge in [0.1, 0.15) is 24.5 Å². The predicted octanol–water partition coefficient (Wildman–Crippen LogP) is 7.36. The van der Waals surface area contributed by atoms with Crippen molar-refractivity contribution in [1.82, 2.24) is 9.47 Å². The van der Waals surface area contributed by atoms with E-state index in [-0.39, 0.29) is 4.91 Å². The molecule has 4 rings (SSSR count). The van der Waals surface area contributed by atoms with Crippen LogP contribution in [0.2, 0.25) is 10.0 Å². The number of nitrogens with zero attached hydrogens (tertiary/aromatic N) is 2. The van der Waals surface area contributed by atoms with E-state index in [0.29, 0.717) is 22.4 Å². The molecule has 0 unspecified atom stereocenters. The number of aryl methyl sites for hydroxylation is 1. The Morgan fingerprint density at radius 1 is 1.03 bits per heavy atom. The zero-order chi connectivity index (χ0) is 28.5. The van der Waals surface area contributed by atoms with Crippen LogP contribution < -0.4 is 4.74 Å². The number of esters is 1. The number of imide groups is 1. The Labute approximate surface area is 241 Å². The van der Waals surface area contributed by atoms with Crippen molar-refractivity contribution in [3.8, 4) is 11.4 Å². The lowest BCUT2D eigenvalue weighted by atomic mass is 10.2. The van der Waals surface area contributed by atoms with Crippen molar-refractivity contribution in [2.24, 2.45) is 0 Å². The molecule has 7 nitrogen and oxygen atoms in total. The standard InChI is InChI=1S/C29H28Cl2N2O5S/c1-17-12-20(13-25-27(35)32(28(36)39-25)15-26(34)38-29(3,4)5)18(2)33(17)22-8-10-23(11-9-22)37-16-19-6-7-21(30)14-24(19)31/h6-14H,15-16H2,1-5H3. The van der Waals surface area contributed by atoms with Gasteiger partial charge in [0.25, 0.3) is 11.1 Å². The van der Waals surface area contributed by atoms with Gasteiger partial charge in [0.05, 0.1) is 4.91 Å². The molecule has 3 aromatic rings. The molecule has 0 atom stereocenters. The lowest BCUT2D eigenvalue weighted by Gasteiger charge is -2.21. The molecular formula is C29H28Cl2N2O5S. The molecule has 2 aromatic carbocycles. The van der Waals surface area contributed by atoms with Crippen molar-refractivity contribution in [3.05, 3.63) is 86.0 Å². The number of carbonyl (C=O) groups is 3. The lowest BCUT2D eigenvalue weighted by molar-refractivity contribution is -0.156. The number of benzene rings is 2. The third kappa shape index (κ3) is 6.87. The highest BCUT2D eigenvalue weighted by atomic mass is 35.5. The molecule has 0 spiro atoms. The highest BCUT2D eigenvalue weighted by molar-refractivity contribution is 8.18. The molecule has 0 N–H and O–H groups in total. The van der Waals surface area contributed by atoms with Crippen LogP contribution in [-0.4, -0.2) is 38.7 Å². The Kier molecular flexibility index (Phi) is 8.49. The Hall–Kier alpha value is -3.20. The van der Waals surface area contributed by atoms with Gasteiger partial charge in [-0.3, -0.25) is 19.3 Å². The molecule has 1 fully saturated rings. The highest BCUT2D eigenvalue weighted by Gasteiger charge is 2.37. The van der Waals surface area contributed by atoms with Gasteiger partial charge in [-0.1, -0.05) is 29.3 Å². The van der Waals surface area contributed by atoms with E-state index < -0.39 is 29.3 Å². The Bertz CT molecular complexity index is 1470. The summed E-state index contributed by atoms with van der Waals surface area (Å²) in [7, 11) is 0. The molecule has 1 aromatic heterocycles. The molecule has 0 aliphatic carbocycles. The van der Waals surface area contributed by atoms with Gasteiger partial charge in [-0.05, 0) is 100 Å². The minimum absolute atomic E-state index is 0.258. The minimum atomic E-state index is -0.707. The Morgan fingerprint density at radius 2 is 1.72 bits per heavy atom. The molecule has 1 aliphatic rings. The average molecular weight is 588 g/mol. The maximum absolute atomic E-state index is 12.9. The van der Waals surface area contributed by atoms with Gasteiger partial charge in [0, 0.05) is 32.7 Å². The number of hydrogen-bond acceptors (Lipinski definition) is 6. The van der Waals surface area contributed by atoms with Gasteiger partial charge >= 0.3 is 5.97 Å². The number of carbonyl (C=O) groups excluding carboxylic acids is 3. The van der Waals surface area contributed by atoms with Crippen LogP contribution in [0.1, 0.15) is 43.3 Å². The molecule has 1 saturated heterocycles. The van der Waals surface area contributed by atoms with Crippen LogP contribution in [0.15, 0.2) is 53.4 Å². The van der Waals surface area contributed by atoms with Crippen LogP contribution >= 0.6 is 35.0 Å². The van der Waals surface area contributed by atoms with E-state index in [2.05, 4.69) is 4.57 Å². The lowest BCUT2D eigenvalue weighted by Crippen LogP contribution is -2.37. The fraction of sp³-hybridized carbons (Fsp3) is 0.276. The molecule has 2 heterocycles. The van der Waals surface area contributed by atoms with Crippen molar-refractivity contribution in [2.45, 2.75) is 46.8 Å². The molecule has 204 valence electrons. The summed E-state index contributed by atoms with van der Waals surface area (Å²) in [4.78, 5) is 38.7. The summed E-state index contributed by atoms with van der Waals surface area (Å²) in [5.41, 5.74) is 3.69. The predicted molar refractivity (Wildman–Crippen MR) is 155 cm³/mol. The first-order valence-corrected chi connectivity index (χ1v) is 13.7. The van der Waals surface area contributed by atoms with Crippen LogP contribution in [-0.2, 0) is 20.9 Å². The Morgan fingerprint density at radius 3 is 2.36 bits per heavy atom. The molecule has 0 saturated carbocycles. The summed E-state index contributed by atoms with van der Waals surface area (Å²) in [5.74, 6) is -0.456. The van der Waals surface area contributed by atoms with Gasteiger partial charge in [0.2, 0.25) is 0 Å². The molecular weight excluding hydrogens is 559 g/mol. The average Bonchev–Trinajstić information content (AvgIpc) is 3.26. The van der Waals surface area contributed by atoms with Crippen LogP contribution in [0.3, 0.4) is 0 Å². The van der Waals surface area contributed by atoms with Crippen LogP contribution in [0.5, 0.6) is 5.75 Å². The maximum Gasteiger partial charge on any atom is 0.326 e. The first kappa shape index (κ1) is 28.8. The molecule has 1 aliphatic heterocycles. The molecule has 39 heavy (non-hydrogen) atoms. The Balaban J connectivity index is 1.48. The monoisotopic (exact) mass is 586 g/mol. The largest absolute Gasteiger partial charge is 0.489 e.